The van der Waals surface area contributed by atoms with Gasteiger partial charge in [0.15, 0.2) is 0 Å². The second-order valence-electron chi connectivity index (χ2n) is 7.12. The van der Waals surface area contributed by atoms with Crippen LogP contribution in [0.15, 0.2) is 90.5 Å². The zero-order valence-electron chi connectivity index (χ0n) is 16.2. The van der Waals surface area contributed by atoms with Gasteiger partial charge in [-0.25, -0.2) is 4.39 Å². The number of carbonyl (C=O) groups is 2. The van der Waals surface area contributed by atoms with Gasteiger partial charge in [0.25, 0.3) is 11.7 Å². The van der Waals surface area contributed by atoms with Gasteiger partial charge >= 0.3 is 0 Å². The molecule has 0 bridgehead atoms. The van der Waals surface area contributed by atoms with Gasteiger partial charge in [-0.2, -0.15) is 0 Å². The van der Waals surface area contributed by atoms with Gasteiger partial charge in [-0.3, -0.25) is 9.59 Å². The molecular formula is C25H20FNO3. The lowest BCUT2D eigenvalue weighted by Gasteiger charge is -2.25. The van der Waals surface area contributed by atoms with Crippen molar-refractivity contribution in [1.82, 2.24) is 4.90 Å². The molecule has 5 heteroatoms. The monoisotopic (exact) mass is 401 g/mol. The Hall–Kier alpha value is -3.73. The van der Waals surface area contributed by atoms with Gasteiger partial charge in [0, 0.05) is 17.7 Å². The smallest absolute Gasteiger partial charge is 0.295 e. The highest BCUT2D eigenvalue weighted by atomic mass is 19.1. The molecule has 0 saturated carbocycles. The topological polar surface area (TPSA) is 57.6 Å². The summed E-state index contributed by atoms with van der Waals surface area (Å²) < 4.78 is 14.7. The number of nitrogens with zero attached hydrogens (tertiary/aromatic N) is 1. The zero-order chi connectivity index (χ0) is 21.1. The van der Waals surface area contributed by atoms with Crippen molar-refractivity contribution in [3.05, 3.63) is 113 Å². The molecular weight excluding hydrogens is 381 g/mol. The van der Waals surface area contributed by atoms with Crippen molar-refractivity contribution in [2.24, 2.45) is 0 Å². The van der Waals surface area contributed by atoms with Gasteiger partial charge in [0.05, 0.1) is 11.6 Å². The van der Waals surface area contributed by atoms with E-state index in [0.717, 1.165) is 5.56 Å². The summed E-state index contributed by atoms with van der Waals surface area (Å²) in [5.74, 6) is -2.38. The first kappa shape index (κ1) is 19.6. The molecule has 1 fully saturated rings. The van der Waals surface area contributed by atoms with Crippen LogP contribution in [0.1, 0.15) is 22.7 Å². The van der Waals surface area contributed by atoms with Gasteiger partial charge in [-0.15, -0.1) is 0 Å². The first-order valence-electron chi connectivity index (χ1n) is 9.70. The fraction of sp³-hybridized carbons (Fsp3) is 0.120. The molecule has 0 aromatic heterocycles. The van der Waals surface area contributed by atoms with Crippen molar-refractivity contribution in [3.8, 4) is 0 Å². The van der Waals surface area contributed by atoms with Crippen LogP contribution in [0.4, 0.5) is 4.39 Å². The highest BCUT2D eigenvalue weighted by molar-refractivity contribution is 6.46. The third-order valence-corrected chi connectivity index (χ3v) is 5.27. The van der Waals surface area contributed by atoms with Crippen LogP contribution < -0.4 is 0 Å². The van der Waals surface area contributed by atoms with E-state index in [9.17, 15) is 19.1 Å². The summed E-state index contributed by atoms with van der Waals surface area (Å²) >= 11 is 0. The number of aliphatic hydroxyl groups excluding tert-OH is 1. The van der Waals surface area contributed by atoms with Gasteiger partial charge in [-0.05, 0) is 18.1 Å². The standard InChI is InChI=1S/C25H20FNO3/c26-20-14-8-7-13-19(20)22-21(23(28)18-11-5-2-6-12-18)24(29)25(30)27(22)16-15-17-9-3-1-4-10-17/h1-14,22,28H,15-16H2/b23-21+/t22-/m1/s1. The number of Topliss-reactive ketones (excluding diaryl/α,β-unsaturated/α-hetero) is 1. The fourth-order valence-electron chi connectivity index (χ4n) is 3.78. The van der Waals surface area contributed by atoms with Crippen LogP contribution in [0.2, 0.25) is 0 Å². The second kappa shape index (κ2) is 8.33. The predicted octanol–water partition coefficient (Wildman–Crippen LogP) is 4.49. The third kappa shape index (κ3) is 3.62. The van der Waals surface area contributed by atoms with Gasteiger partial charge in [0.1, 0.15) is 11.6 Å². The summed E-state index contributed by atoms with van der Waals surface area (Å²) in [6.45, 7) is 0.221. The fourth-order valence-corrected chi connectivity index (χ4v) is 3.78. The molecule has 1 atom stereocenters. The van der Waals surface area contributed by atoms with Crippen molar-refractivity contribution in [2.75, 3.05) is 6.54 Å². The van der Waals surface area contributed by atoms with Crippen LogP contribution in [-0.4, -0.2) is 28.2 Å². The summed E-state index contributed by atoms with van der Waals surface area (Å²) in [4.78, 5) is 27.1. The first-order chi connectivity index (χ1) is 14.6. The number of carbonyl (C=O) groups excluding carboxylic acids is 2. The molecule has 150 valence electrons. The highest BCUT2D eigenvalue weighted by Crippen LogP contribution is 2.40. The minimum Gasteiger partial charge on any atom is -0.507 e. The van der Waals surface area contributed by atoms with Crippen molar-refractivity contribution in [1.29, 1.82) is 0 Å². The lowest BCUT2D eigenvalue weighted by molar-refractivity contribution is -0.139. The highest BCUT2D eigenvalue weighted by Gasteiger charge is 2.46. The molecule has 3 aromatic carbocycles. The number of ketones is 1. The summed E-state index contributed by atoms with van der Waals surface area (Å²) in [6, 6.07) is 23.1. The Kier molecular flexibility index (Phi) is 5.44. The van der Waals surface area contributed by atoms with Crippen LogP contribution in [0.3, 0.4) is 0 Å². The van der Waals surface area contributed by atoms with Crippen LogP contribution in [0.5, 0.6) is 0 Å². The van der Waals surface area contributed by atoms with Crippen molar-refractivity contribution >= 4 is 17.4 Å². The van der Waals surface area contributed by atoms with E-state index in [1.165, 1.54) is 11.0 Å². The SMILES string of the molecule is O=C1C(=O)N(CCc2ccccc2)[C@H](c2ccccc2F)/C1=C(\O)c1ccccc1. The summed E-state index contributed by atoms with van der Waals surface area (Å²) in [5.41, 5.74) is 1.49. The van der Waals surface area contributed by atoms with Crippen LogP contribution in [-0.2, 0) is 16.0 Å². The van der Waals surface area contributed by atoms with Gasteiger partial charge < -0.3 is 10.0 Å². The quantitative estimate of drug-likeness (QED) is 0.389. The molecule has 3 aromatic rings. The Balaban J connectivity index is 1.80. The van der Waals surface area contributed by atoms with E-state index in [0.29, 0.717) is 12.0 Å². The van der Waals surface area contributed by atoms with E-state index in [2.05, 4.69) is 0 Å². The molecule has 1 aliphatic rings. The molecule has 0 radical (unpaired) electrons. The lowest BCUT2D eigenvalue weighted by atomic mass is 9.95. The van der Waals surface area contributed by atoms with Crippen molar-refractivity contribution in [2.45, 2.75) is 12.5 Å². The number of hydrogen-bond acceptors (Lipinski definition) is 3. The number of benzene rings is 3. The minimum atomic E-state index is -0.991. The number of rotatable bonds is 5. The average molecular weight is 401 g/mol. The van der Waals surface area contributed by atoms with Crippen molar-refractivity contribution < 1.29 is 19.1 Å². The van der Waals surface area contributed by atoms with E-state index >= 15 is 0 Å². The molecule has 1 heterocycles. The Labute approximate surface area is 173 Å². The maximum absolute atomic E-state index is 14.7. The second-order valence-corrected chi connectivity index (χ2v) is 7.12. The summed E-state index contributed by atoms with van der Waals surface area (Å²) in [7, 11) is 0. The van der Waals surface area contributed by atoms with Crippen LogP contribution in [0, 0.1) is 5.82 Å². The van der Waals surface area contributed by atoms with E-state index in [-0.39, 0.29) is 23.4 Å². The number of likely N-dealkylation sites (tertiary alicyclic amines) is 1. The van der Waals surface area contributed by atoms with E-state index in [1.807, 2.05) is 30.3 Å². The molecule has 1 saturated heterocycles. The summed E-state index contributed by atoms with van der Waals surface area (Å²) in [5, 5.41) is 10.9. The first-order valence-corrected chi connectivity index (χ1v) is 9.70. The zero-order valence-corrected chi connectivity index (χ0v) is 16.2. The average Bonchev–Trinajstić information content (AvgIpc) is 3.03. The Morgan fingerprint density at radius 2 is 1.47 bits per heavy atom. The van der Waals surface area contributed by atoms with Crippen molar-refractivity contribution in [3.63, 3.8) is 0 Å². The maximum atomic E-state index is 14.7. The number of halogens is 1. The molecule has 1 N–H and O–H groups in total. The normalized spacial score (nSPS) is 18.0. The minimum absolute atomic E-state index is 0.0932. The lowest BCUT2D eigenvalue weighted by Crippen LogP contribution is -2.32. The largest absolute Gasteiger partial charge is 0.507 e. The molecule has 0 aliphatic carbocycles. The summed E-state index contributed by atoms with van der Waals surface area (Å²) in [6.07, 6.45) is 0.504. The Bertz CT molecular complexity index is 1110. The molecule has 30 heavy (non-hydrogen) atoms. The molecule has 1 aliphatic heterocycles. The number of aliphatic hydroxyl groups is 1. The predicted molar refractivity (Wildman–Crippen MR) is 112 cm³/mol. The molecule has 1 amide bonds. The Morgan fingerprint density at radius 1 is 0.867 bits per heavy atom. The van der Waals surface area contributed by atoms with E-state index in [4.69, 9.17) is 0 Å². The molecule has 0 unspecified atom stereocenters. The van der Waals surface area contributed by atoms with E-state index < -0.39 is 23.5 Å². The number of hydrogen-bond donors (Lipinski definition) is 1. The van der Waals surface area contributed by atoms with Crippen LogP contribution >= 0.6 is 0 Å². The third-order valence-electron chi connectivity index (χ3n) is 5.27. The van der Waals surface area contributed by atoms with Gasteiger partial charge in [0.2, 0.25) is 0 Å². The number of amides is 1. The molecule has 0 spiro atoms. The molecule has 4 nitrogen and oxygen atoms in total. The van der Waals surface area contributed by atoms with Gasteiger partial charge in [-0.1, -0.05) is 78.9 Å². The van der Waals surface area contributed by atoms with Crippen LogP contribution in [0.25, 0.3) is 5.76 Å². The molecule has 4 rings (SSSR count). The Morgan fingerprint density at radius 3 is 2.13 bits per heavy atom. The van der Waals surface area contributed by atoms with E-state index in [1.54, 1.807) is 48.5 Å². The maximum Gasteiger partial charge on any atom is 0.295 e.